The van der Waals surface area contributed by atoms with Crippen molar-refractivity contribution >= 4 is 0 Å². The summed E-state index contributed by atoms with van der Waals surface area (Å²) in [5.41, 5.74) is 0. The molecule has 5 aliphatic heterocycles. The zero-order valence-electron chi connectivity index (χ0n) is 29.1. The predicted molar refractivity (Wildman–Crippen MR) is 165 cm³/mol. The molecule has 16 N–H and O–H groups in total. The summed E-state index contributed by atoms with van der Waals surface area (Å²) >= 11 is 0. The van der Waals surface area contributed by atoms with Crippen molar-refractivity contribution in [3.63, 3.8) is 0 Å². The minimum Gasteiger partial charge on any atom is -0.394 e. The third-order valence-corrected chi connectivity index (χ3v) is 10.3. The highest BCUT2D eigenvalue weighted by atomic mass is 16.8. The maximum absolute atomic E-state index is 11.4. The van der Waals surface area contributed by atoms with Crippen molar-refractivity contribution in [2.75, 3.05) is 26.4 Å². The third-order valence-electron chi connectivity index (χ3n) is 10.3. The molecule has 5 rings (SSSR count). The Bertz CT molecular complexity index is 1190. The lowest BCUT2D eigenvalue weighted by atomic mass is 9.95. The quantitative estimate of drug-likeness (QED) is 0.0870. The fourth-order valence-electron chi connectivity index (χ4n) is 6.93. The number of hydrogen-bond donors (Lipinski definition) is 16. The highest BCUT2D eigenvalue weighted by molar-refractivity contribution is 4.98. The van der Waals surface area contributed by atoms with Gasteiger partial charge >= 0.3 is 0 Å². The minimum atomic E-state index is -2.14. The van der Waals surface area contributed by atoms with Crippen molar-refractivity contribution in [3.8, 4) is 0 Å². The molecule has 25 heteroatoms. The Morgan fingerprint density at radius 2 is 0.691 bits per heavy atom. The van der Waals surface area contributed by atoms with Gasteiger partial charge in [-0.3, -0.25) is 0 Å². The van der Waals surface area contributed by atoms with Crippen LogP contribution < -0.4 is 0 Å². The van der Waals surface area contributed by atoms with Crippen LogP contribution in [-0.4, -0.2) is 262 Å². The molecule has 0 bridgehead atoms. The predicted octanol–water partition coefficient (Wildman–Crippen LogP) is -10.9. The van der Waals surface area contributed by atoms with Crippen LogP contribution in [-0.2, 0) is 42.6 Å². The van der Waals surface area contributed by atoms with Gasteiger partial charge in [0.1, 0.15) is 116 Å². The Morgan fingerprint density at radius 1 is 0.327 bits per heavy atom. The Kier molecular flexibility index (Phi) is 15.5. The van der Waals surface area contributed by atoms with Crippen molar-refractivity contribution in [3.05, 3.63) is 0 Å². The van der Waals surface area contributed by atoms with Gasteiger partial charge in [-0.15, -0.1) is 0 Å². The average molecular weight is 813 g/mol. The Balaban J connectivity index is 1.36. The summed E-state index contributed by atoms with van der Waals surface area (Å²) in [5, 5.41) is 167. The van der Waals surface area contributed by atoms with Crippen molar-refractivity contribution in [1.29, 1.82) is 0 Å². The van der Waals surface area contributed by atoms with E-state index < -0.39 is 180 Å². The van der Waals surface area contributed by atoms with Crippen LogP contribution in [0.2, 0.25) is 0 Å². The van der Waals surface area contributed by atoms with Gasteiger partial charge < -0.3 is 124 Å². The van der Waals surface area contributed by atoms with E-state index >= 15 is 0 Å². The summed E-state index contributed by atoms with van der Waals surface area (Å²) in [7, 11) is 0. The van der Waals surface area contributed by atoms with Gasteiger partial charge in [0.2, 0.25) is 0 Å². The van der Waals surface area contributed by atoms with Crippen LogP contribution in [0.3, 0.4) is 0 Å². The van der Waals surface area contributed by atoms with Crippen LogP contribution in [0.25, 0.3) is 0 Å². The molecule has 0 amide bonds. The first-order valence-corrected chi connectivity index (χ1v) is 17.5. The largest absolute Gasteiger partial charge is 0.394 e. The molecule has 322 valence electrons. The SMILES string of the molecule is CC1O[C@@H](O[C@@H]2C(O)[C@H](O)OC(CO)[C@H]2O)C(O)[C@@H](O[C@@H]2OC(CO)[C@@H](O)[C@H](O[C@@H]3OC(CO)[C@@H](O)[C@H](O)C3O[C@H]3OC(CO)[C@@H](O)[C@H](O)C3O)C2O)[C@H]1O. The van der Waals surface area contributed by atoms with Crippen LogP contribution in [0, 0.1) is 0 Å². The van der Waals surface area contributed by atoms with Crippen molar-refractivity contribution in [1.82, 2.24) is 0 Å². The summed E-state index contributed by atoms with van der Waals surface area (Å²) < 4.78 is 49.6. The highest BCUT2D eigenvalue weighted by Crippen LogP contribution is 2.36. The van der Waals surface area contributed by atoms with Crippen LogP contribution >= 0.6 is 0 Å². The maximum Gasteiger partial charge on any atom is 0.187 e. The molecule has 25 nitrogen and oxygen atoms in total. The van der Waals surface area contributed by atoms with E-state index in [0.29, 0.717) is 0 Å². The molecule has 0 aliphatic carbocycles. The third kappa shape index (κ3) is 9.11. The van der Waals surface area contributed by atoms with Gasteiger partial charge in [-0.1, -0.05) is 0 Å². The topological polar surface area (TPSA) is 407 Å². The average Bonchev–Trinajstić information content (AvgIpc) is 3.17. The Morgan fingerprint density at radius 3 is 1.22 bits per heavy atom. The summed E-state index contributed by atoms with van der Waals surface area (Å²) in [4.78, 5) is 0. The molecule has 0 aromatic heterocycles. The molecule has 5 aliphatic rings. The van der Waals surface area contributed by atoms with E-state index in [-0.39, 0.29) is 0 Å². The van der Waals surface area contributed by atoms with Crippen LogP contribution in [0.5, 0.6) is 0 Å². The van der Waals surface area contributed by atoms with Crippen molar-refractivity contribution < 1.29 is 124 Å². The lowest BCUT2D eigenvalue weighted by Gasteiger charge is -2.49. The summed E-state index contributed by atoms with van der Waals surface area (Å²) in [5.74, 6) is 0. The minimum absolute atomic E-state index is 0.801. The molecule has 55 heavy (non-hydrogen) atoms. The Hall–Kier alpha value is -1.00. The van der Waals surface area contributed by atoms with Gasteiger partial charge in [-0.05, 0) is 6.92 Å². The van der Waals surface area contributed by atoms with Gasteiger partial charge in [0.25, 0.3) is 0 Å². The van der Waals surface area contributed by atoms with E-state index in [9.17, 15) is 81.7 Å². The highest BCUT2D eigenvalue weighted by Gasteiger charge is 2.56. The van der Waals surface area contributed by atoms with E-state index in [2.05, 4.69) is 0 Å². The standard InChI is InChI=1S/C30H52O25/c1-6-11(35)22(20(44)28(47-6)53-23-14(38)9(4-33)48-26(46)19(23)43)52-29-21(45)24(15(39)10(5-34)50-29)54-30-25(17(41)13(37)8(3-32)51-30)55-27-18(42)16(40)12(36)7(2-31)49-27/h6-46H,2-5H2,1H3/t6?,7?,8?,9?,10?,11-,12+,13+,14+,15+,16-,17-,18?,19?,20?,21?,22-,23-,24-,25?,26+,27+,28-,29-,30-/m0/s1. The molecule has 0 radical (unpaired) electrons. The zero-order valence-corrected chi connectivity index (χ0v) is 29.1. The zero-order chi connectivity index (χ0) is 40.6. The summed E-state index contributed by atoms with van der Waals surface area (Å²) in [6, 6.07) is 0. The molecular weight excluding hydrogens is 760 g/mol. The summed E-state index contributed by atoms with van der Waals surface area (Å²) in [6.07, 6.45) is -45.6. The smallest absolute Gasteiger partial charge is 0.187 e. The van der Waals surface area contributed by atoms with Crippen LogP contribution in [0.1, 0.15) is 6.92 Å². The molecule has 5 heterocycles. The first kappa shape index (κ1) is 45.1. The molecule has 0 spiro atoms. The van der Waals surface area contributed by atoms with Crippen LogP contribution in [0.4, 0.5) is 0 Å². The van der Waals surface area contributed by atoms with E-state index in [1.165, 1.54) is 6.92 Å². The van der Waals surface area contributed by atoms with E-state index in [0.717, 1.165) is 0 Å². The van der Waals surface area contributed by atoms with Gasteiger partial charge in [0.05, 0.1) is 32.5 Å². The lowest BCUT2D eigenvalue weighted by molar-refractivity contribution is -0.399. The van der Waals surface area contributed by atoms with Crippen molar-refractivity contribution in [2.24, 2.45) is 0 Å². The monoisotopic (exact) mass is 812 g/mol. The normalized spacial score (nSPS) is 53.9. The van der Waals surface area contributed by atoms with Gasteiger partial charge in [0, 0.05) is 0 Å². The maximum atomic E-state index is 11.4. The number of ether oxygens (including phenoxy) is 9. The number of rotatable bonds is 12. The number of aliphatic hydroxyl groups excluding tert-OH is 16. The molecular formula is C30H52O25. The molecule has 10 unspecified atom stereocenters. The van der Waals surface area contributed by atoms with E-state index in [1.54, 1.807) is 0 Å². The second-order valence-corrected chi connectivity index (χ2v) is 13.9. The second-order valence-electron chi connectivity index (χ2n) is 13.9. The van der Waals surface area contributed by atoms with Gasteiger partial charge in [0.15, 0.2) is 31.5 Å². The fourth-order valence-corrected chi connectivity index (χ4v) is 6.93. The molecule has 0 aromatic carbocycles. The molecule has 5 fully saturated rings. The van der Waals surface area contributed by atoms with Crippen molar-refractivity contribution in [2.45, 2.75) is 160 Å². The number of aliphatic hydroxyl groups is 16. The molecule has 25 atom stereocenters. The van der Waals surface area contributed by atoms with Gasteiger partial charge in [-0.2, -0.15) is 0 Å². The molecule has 0 aromatic rings. The first-order valence-electron chi connectivity index (χ1n) is 17.5. The fraction of sp³-hybridized carbons (Fsp3) is 1.00. The number of hydrogen-bond acceptors (Lipinski definition) is 25. The molecule has 0 saturated carbocycles. The van der Waals surface area contributed by atoms with Crippen LogP contribution in [0.15, 0.2) is 0 Å². The Labute approximate surface area is 311 Å². The van der Waals surface area contributed by atoms with E-state index in [4.69, 9.17) is 42.6 Å². The summed E-state index contributed by atoms with van der Waals surface area (Å²) in [6.45, 7) is -2.23. The first-order chi connectivity index (χ1) is 26.0. The van der Waals surface area contributed by atoms with Gasteiger partial charge in [-0.25, -0.2) is 0 Å². The molecule has 5 saturated heterocycles. The van der Waals surface area contributed by atoms with E-state index in [1.807, 2.05) is 0 Å². The lowest BCUT2D eigenvalue weighted by Crippen LogP contribution is -2.68. The second kappa shape index (κ2) is 18.9.